The van der Waals surface area contributed by atoms with Gasteiger partial charge in [0.25, 0.3) is 0 Å². The first kappa shape index (κ1) is 19.8. The lowest BCUT2D eigenvalue weighted by Crippen LogP contribution is -2.15. The summed E-state index contributed by atoms with van der Waals surface area (Å²) >= 11 is 1.24. The standard InChI is InChI=1S/C19H20N4O4S/c1-2-27-19(26)13-5-7-14(8-6-13)20-16(24)11-28-17-10-9-15(22-23-17)21-18(25)12-3-4-12/h5-10,12H,2-4,11H2,1H3,(H,20,24)(H,21,22,25). The minimum Gasteiger partial charge on any atom is -0.462 e. The number of aromatic nitrogens is 2. The van der Waals surface area contributed by atoms with E-state index < -0.39 is 5.97 Å². The van der Waals surface area contributed by atoms with E-state index in [1.54, 1.807) is 43.3 Å². The average molecular weight is 400 g/mol. The molecule has 146 valence electrons. The second-order valence-corrected chi connectivity index (χ2v) is 7.15. The summed E-state index contributed by atoms with van der Waals surface area (Å²) in [5.74, 6) is 0.0386. The van der Waals surface area contributed by atoms with Crippen LogP contribution >= 0.6 is 11.8 Å². The van der Waals surface area contributed by atoms with Crippen molar-refractivity contribution in [2.75, 3.05) is 23.0 Å². The Balaban J connectivity index is 1.44. The molecule has 0 bridgehead atoms. The highest BCUT2D eigenvalue weighted by Crippen LogP contribution is 2.30. The SMILES string of the molecule is CCOC(=O)c1ccc(NC(=O)CSc2ccc(NC(=O)C3CC3)nn2)cc1. The number of ether oxygens (including phenoxy) is 1. The summed E-state index contributed by atoms with van der Waals surface area (Å²) < 4.78 is 4.92. The van der Waals surface area contributed by atoms with Gasteiger partial charge in [-0.1, -0.05) is 11.8 Å². The molecular formula is C19H20N4O4S. The molecule has 3 rings (SSSR count). The zero-order chi connectivity index (χ0) is 19.9. The van der Waals surface area contributed by atoms with Crippen molar-refractivity contribution in [2.24, 2.45) is 5.92 Å². The van der Waals surface area contributed by atoms with Gasteiger partial charge in [0.15, 0.2) is 5.82 Å². The Morgan fingerprint density at radius 2 is 1.82 bits per heavy atom. The summed E-state index contributed by atoms with van der Waals surface area (Å²) in [5, 5.41) is 14.0. The quantitative estimate of drug-likeness (QED) is 0.518. The Morgan fingerprint density at radius 1 is 1.07 bits per heavy atom. The molecule has 1 fully saturated rings. The number of nitrogens with zero attached hydrogens (tertiary/aromatic N) is 2. The van der Waals surface area contributed by atoms with Gasteiger partial charge >= 0.3 is 5.97 Å². The Kier molecular flexibility index (Phi) is 6.59. The molecule has 0 unspecified atom stereocenters. The molecule has 0 radical (unpaired) electrons. The molecule has 2 N–H and O–H groups in total. The predicted molar refractivity (Wildman–Crippen MR) is 105 cm³/mol. The number of nitrogens with one attached hydrogen (secondary N) is 2. The van der Waals surface area contributed by atoms with Gasteiger partial charge < -0.3 is 15.4 Å². The fourth-order valence-corrected chi connectivity index (χ4v) is 2.89. The first-order valence-corrected chi connectivity index (χ1v) is 9.88. The van der Waals surface area contributed by atoms with E-state index in [0.29, 0.717) is 28.7 Å². The molecule has 0 saturated heterocycles. The molecular weight excluding hydrogens is 380 g/mol. The Labute approximate surface area is 166 Å². The Bertz CT molecular complexity index is 851. The van der Waals surface area contributed by atoms with Gasteiger partial charge in [-0.3, -0.25) is 9.59 Å². The van der Waals surface area contributed by atoms with Crippen molar-refractivity contribution in [3.05, 3.63) is 42.0 Å². The van der Waals surface area contributed by atoms with Crippen LogP contribution in [0.5, 0.6) is 0 Å². The van der Waals surface area contributed by atoms with Crippen LogP contribution in [0.15, 0.2) is 41.4 Å². The summed E-state index contributed by atoms with van der Waals surface area (Å²) in [6.07, 6.45) is 1.85. The van der Waals surface area contributed by atoms with E-state index in [0.717, 1.165) is 12.8 Å². The van der Waals surface area contributed by atoms with E-state index in [1.807, 2.05) is 0 Å². The molecule has 1 aromatic carbocycles. The molecule has 1 aliphatic rings. The van der Waals surface area contributed by atoms with Gasteiger partial charge in [-0.05, 0) is 56.2 Å². The van der Waals surface area contributed by atoms with E-state index in [-0.39, 0.29) is 23.5 Å². The summed E-state index contributed by atoms with van der Waals surface area (Å²) in [4.78, 5) is 35.4. The van der Waals surface area contributed by atoms with Crippen LogP contribution < -0.4 is 10.6 Å². The smallest absolute Gasteiger partial charge is 0.338 e. The number of rotatable bonds is 8. The molecule has 0 aliphatic heterocycles. The third kappa shape index (κ3) is 5.78. The van der Waals surface area contributed by atoms with Crippen molar-refractivity contribution in [2.45, 2.75) is 24.8 Å². The second kappa shape index (κ2) is 9.32. The van der Waals surface area contributed by atoms with Crippen molar-refractivity contribution in [3.8, 4) is 0 Å². The number of esters is 1. The van der Waals surface area contributed by atoms with Crippen LogP contribution in [0.2, 0.25) is 0 Å². The van der Waals surface area contributed by atoms with Crippen LogP contribution in [0.3, 0.4) is 0 Å². The fraction of sp³-hybridized carbons (Fsp3) is 0.316. The van der Waals surface area contributed by atoms with Crippen LogP contribution in [0.1, 0.15) is 30.1 Å². The zero-order valence-corrected chi connectivity index (χ0v) is 16.1. The Hall–Kier alpha value is -2.94. The van der Waals surface area contributed by atoms with E-state index >= 15 is 0 Å². The number of anilines is 2. The largest absolute Gasteiger partial charge is 0.462 e. The maximum absolute atomic E-state index is 12.1. The fourth-order valence-electron chi connectivity index (χ4n) is 2.28. The third-order valence-electron chi connectivity index (χ3n) is 3.87. The molecule has 1 saturated carbocycles. The van der Waals surface area contributed by atoms with E-state index in [4.69, 9.17) is 4.74 Å². The number of benzene rings is 1. The summed E-state index contributed by atoms with van der Waals surface area (Å²) in [7, 11) is 0. The van der Waals surface area contributed by atoms with Gasteiger partial charge in [-0.15, -0.1) is 10.2 Å². The first-order valence-electron chi connectivity index (χ1n) is 8.89. The van der Waals surface area contributed by atoms with Crippen LogP contribution in [0.4, 0.5) is 11.5 Å². The van der Waals surface area contributed by atoms with Crippen molar-refractivity contribution < 1.29 is 19.1 Å². The molecule has 2 amide bonds. The molecule has 9 heteroatoms. The van der Waals surface area contributed by atoms with Gasteiger partial charge in [-0.25, -0.2) is 4.79 Å². The van der Waals surface area contributed by atoms with Gasteiger partial charge in [-0.2, -0.15) is 0 Å². The van der Waals surface area contributed by atoms with Gasteiger partial charge in [0.2, 0.25) is 11.8 Å². The van der Waals surface area contributed by atoms with Crippen molar-refractivity contribution in [1.82, 2.24) is 10.2 Å². The number of thioether (sulfide) groups is 1. The average Bonchev–Trinajstić information content (AvgIpc) is 3.54. The molecule has 1 aliphatic carbocycles. The normalized spacial score (nSPS) is 12.9. The number of carbonyl (C=O) groups is 3. The molecule has 0 atom stereocenters. The zero-order valence-electron chi connectivity index (χ0n) is 15.3. The van der Waals surface area contributed by atoms with Crippen LogP contribution in [0.25, 0.3) is 0 Å². The molecule has 1 heterocycles. The van der Waals surface area contributed by atoms with Gasteiger partial charge in [0, 0.05) is 11.6 Å². The minimum absolute atomic E-state index is 0.0249. The monoisotopic (exact) mass is 400 g/mol. The maximum atomic E-state index is 12.1. The summed E-state index contributed by atoms with van der Waals surface area (Å²) in [6, 6.07) is 9.86. The highest BCUT2D eigenvalue weighted by molar-refractivity contribution is 7.99. The molecule has 8 nitrogen and oxygen atoms in total. The second-order valence-electron chi connectivity index (χ2n) is 6.16. The number of carbonyl (C=O) groups excluding carboxylic acids is 3. The highest BCUT2D eigenvalue weighted by Gasteiger charge is 2.29. The van der Waals surface area contributed by atoms with Crippen molar-refractivity contribution in [3.63, 3.8) is 0 Å². The molecule has 1 aromatic heterocycles. The highest BCUT2D eigenvalue weighted by atomic mass is 32.2. The Morgan fingerprint density at radius 3 is 2.43 bits per heavy atom. The summed E-state index contributed by atoms with van der Waals surface area (Å²) in [5.41, 5.74) is 1.02. The number of amides is 2. The van der Waals surface area contributed by atoms with Crippen molar-refractivity contribution >= 4 is 41.1 Å². The minimum atomic E-state index is -0.397. The van der Waals surface area contributed by atoms with E-state index in [1.165, 1.54) is 11.8 Å². The lowest BCUT2D eigenvalue weighted by Gasteiger charge is -2.07. The predicted octanol–water partition coefficient (Wildman–Crippen LogP) is 2.73. The number of hydrogen-bond acceptors (Lipinski definition) is 7. The third-order valence-corrected chi connectivity index (χ3v) is 4.79. The van der Waals surface area contributed by atoms with Crippen LogP contribution in [0, 0.1) is 5.92 Å². The van der Waals surface area contributed by atoms with E-state index in [2.05, 4.69) is 20.8 Å². The maximum Gasteiger partial charge on any atom is 0.338 e. The lowest BCUT2D eigenvalue weighted by atomic mass is 10.2. The topological polar surface area (TPSA) is 110 Å². The van der Waals surface area contributed by atoms with Crippen molar-refractivity contribution in [1.29, 1.82) is 0 Å². The summed E-state index contributed by atoms with van der Waals surface area (Å²) in [6.45, 7) is 2.05. The van der Waals surface area contributed by atoms with Crippen LogP contribution in [-0.2, 0) is 14.3 Å². The van der Waals surface area contributed by atoms with Gasteiger partial charge in [0.1, 0.15) is 5.03 Å². The molecule has 2 aromatic rings. The lowest BCUT2D eigenvalue weighted by molar-refractivity contribution is -0.117. The molecule has 0 spiro atoms. The first-order chi connectivity index (χ1) is 13.5. The molecule has 28 heavy (non-hydrogen) atoms. The number of hydrogen-bond donors (Lipinski definition) is 2. The van der Waals surface area contributed by atoms with E-state index in [9.17, 15) is 14.4 Å². The van der Waals surface area contributed by atoms with Crippen LogP contribution in [-0.4, -0.2) is 40.3 Å². The van der Waals surface area contributed by atoms with Gasteiger partial charge in [0.05, 0.1) is 17.9 Å².